The third kappa shape index (κ3) is 3.10. The molecule has 0 saturated carbocycles. The van der Waals surface area contributed by atoms with Crippen LogP contribution in [0, 0.1) is 0 Å². The van der Waals surface area contributed by atoms with Crippen LogP contribution in [-0.2, 0) is 5.41 Å². The second-order valence-electron chi connectivity index (χ2n) is 9.82. The molecule has 0 atom stereocenters. The van der Waals surface area contributed by atoms with E-state index in [1.807, 2.05) is 18.2 Å². The lowest BCUT2D eigenvalue weighted by molar-refractivity contribution is 0.418. The van der Waals surface area contributed by atoms with Gasteiger partial charge in [0.15, 0.2) is 0 Å². The lowest BCUT2D eigenvalue weighted by Crippen LogP contribution is -2.24. The second kappa shape index (κ2) is 7.35. The number of ether oxygens (including phenoxy) is 1. The van der Waals surface area contributed by atoms with Crippen LogP contribution >= 0.6 is 0 Å². The van der Waals surface area contributed by atoms with Gasteiger partial charge in [0, 0.05) is 27.3 Å². The van der Waals surface area contributed by atoms with Gasteiger partial charge in [-0.15, -0.1) is 0 Å². The summed E-state index contributed by atoms with van der Waals surface area (Å²) in [7, 11) is 0. The standard InChI is InChI=1S/C33H24O2/c1-33(2)27-11-4-6-13-31(27)35-32-20-24(14-16-28(32)33)22-9-7-8-21(18-22)23-15-17-30-26(19-23)25-10-3-5-12-29(25)34-30/h3-20H,1-2H3. The van der Waals surface area contributed by atoms with Gasteiger partial charge in [-0.25, -0.2) is 0 Å². The summed E-state index contributed by atoms with van der Waals surface area (Å²) >= 11 is 0. The average molecular weight is 453 g/mol. The van der Waals surface area contributed by atoms with E-state index in [0.717, 1.165) is 39.0 Å². The number of para-hydroxylation sites is 2. The summed E-state index contributed by atoms with van der Waals surface area (Å²) in [6.45, 7) is 4.53. The topological polar surface area (TPSA) is 22.4 Å². The van der Waals surface area contributed by atoms with Crippen LogP contribution in [0.5, 0.6) is 11.5 Å². The van der Waals surface area contributed by atoms with Gasteiger partial charge in [-0.1, -0.05) is 86.6 Å². The fraction of sp³-hybridized carbons (Fsp3) is 0.0909. The molecule has 0 bridgehead atoms. The maximum Gasteiger partial charge on any atom is 0.135 e. The quantitative estimate of drug-likeness (QED) is 0.261. The smallest absolute Gasteiger partial charge is 0.135 e. The van der Waals surface area contributed by atoms with Crippen molar-refractivity contribution in [2.45, 2.75) is 19.3 Å². The summed E-state index contributed by atoms with van der Waals surface area (Å²) in [4.78, 5) is 0. The third-order valence-electron chi connectivity index (χ3n) is 7.34. The zero-order chi connectivity index (χ0) is 23.6. The lowest BCUT2D eigenvalue weighted by Gasteiger charge is -2.34. The molecule has 35 heavy (non-hydrogen) atoms. The van der Waals surface area contributed by atoms with Crippen molar-refractivity contribution >= 4 is 21.9 Å². The minimum absolute atomic E-state index is 0.104. The first-order valence-electron chi connectivity index (χ1n) is 12.0. The Hall–Kier alpha value is -4.30. The molecule has 0 N–H and O–H groups in total. The normalized spacial score (nSPS) is 13.9. The van der Waals surface area contributed by atoms with Crippen molar-refractivity contribution in [2.75, 3.05) is 0 Å². The summed E-state index contributed by atoms with van der Waals surface area (Å²) in [6.07, 6.45) is 0. The van der Waals surface area contributed by atoms with Crippen LogP contribution < -0.4 is 4.74 Å². The molecule has 0 unspecified atom stereocenters. The first-order chi connectivity index (χ1) is 17.1. The van der Waals surface area contributed by atoms with Crippen molar-refractivity contribution < 1.29 is 9.15 Å². The first kappa shape index (κ1) is 20.1. The monoisotopic (exact) mass is 452 g/mol. The molecule has 1 aliphatic rings. The number of benzene rings is 5. The Labute approximate surface area is 204 Å². The van der Waals surface area contributed by atoms with Gasteiger partial charge in [0.25, 0.3) is 0 Å². The molecule has 0 fully saturated rings. The minimum atomic E-state index is -0.104. The molecular formula is C33H24O2. The Kier molecular flexibility index (Phi) is 4.22. The number of rotatable bonds is 2. The van der Waals surface area contributed by atoms with Crippen molar-refractivity contribution in [3.63, 3.8) is 0 Å². The van der Waals surface area contributed by atoms with E-state index in [-0.39, 0.29) is 5.41 Å². The largest absolute Gasteiger partial charge is 0.457 e. The van der Waals surface area contributed by atoms with Crippen LogP contribution in [0.1, 0.15) is 25.0 Å². The predicted molar refractivity (Wildman–Crippen MR) is 143 cm³/mol. The zero-order valence-electron chi connectivity index (χ0n) is 19.7. The van der Waals surface area contributed by atoms with Gasteiger partial charge in [-0.05, 0) is 58.7 Å². The second-order valence-corrected chi connectivity index (χ2v) is 9.82. The van der Waals surface area contributed by atoms with Gasteiger partial charge in [-0.2, -0.15) is 0 Å². The highest BCUT2D eigenvalue weighted by atomic mass is 16.5. The SMILES string of the molecule is CC1(C)c2ccccc2Oc2cc(-c3cccc(-c4ccc5oc6ccccc6c5c4)c3)ccc21. The molecule has 1 aromatic heterocycles. The van der Waals surface area contributed by atoms with E-state index < -0.39 is 0 Å². The van der Waals surface area contributed by atoms with Gasteiger partial charge in [0.2, 0.25) is 0 Å². The summed E-state index contributed by atoms with van der Waals surface area (Å²) < 4.78 is 12.4. The molecule has 0 saturated heterocycles. The molecule has 0 spiro atoms. The van der Waals surface area contributed by atoms with E-state index >= 15 is 0 Å². The summed E-state index contributed by atoms with van der Waals surface area (Å²) in [5.41, 5.74) is 8.85. The Bertz CT molecular complexity index is 1750. The molecule has 6 aromatic rings. The van der Waals surface area contributed by atoms with Crippen LogP contribution in [0.15, 0.2) is 114 Å². The number of fused-ring (bicyclic) bond motifs is 5. The molecule has 0 aliphatic carbocycles. The molecule has 7 rings (SSSR count). The van der Waals surface area contributed by atoms with Gasteiger partial charge in [0.1, 0.15) is 22.7 Å². The van der Waals surface area contributed by atoms with Gasteiger partial charge in [0.05, 0.1) is 0 Å². The average Bonchev–Trinajstić information content (AvgIpc) is 3.26. The minimum Gasteiger partial charge on any atom is -0.457 e. The van der Waals surface area contributed by atoms with Crippen LogP contribution in [0.3, 0.4) is 0 Å². The molecule has 5 aromatic carbocycles. The van der Waals surface area contributed by atoms with Gasteiger partial charge < -0.3 is 9.15 Å². The van der Waals surface area contributed by atoms with Gasteiger partial charge >= 0.3 is 0 Å². The van der Waals surface area contributed by atoms with Crippen LogP contribution in [0.2, 0.25) is 0 Å². The van der Waals surface area contributed by atoms with Crippen molar-refractivity contribution in [3.8, 4) is 33.8 Å². The van der Waals surface area contributed by atoms with Crippen LogP contribution in [0.25, 0.3) is 44.2 Å². The molecule has 2 nitrogen and oxygen atoms in total. The first-order valence-corrected chi connectivity index (χ1v) is 12.0. The molecule has 1 aliphatic heterocycles. The molecule has 0 radical (unpaired) electrons. The molecule has 0 amide bonds. The summed E-state index contributed by atoms with van der Waals surface area (Å²) in [6, 6.07) is 38.3. The maximum absolute atomic E-state index is 6.36. The Morgan fingerprint density at radius 1 is 0.486 bits per heavy atom. The number of hydrogen-bond acceptors (Lipinski definition) is 2. The van der Waals surface area contributed by atoms with Crippen LogP contribution in [-0.4, -0.2) is 0 Å². The Morgan fingerprint density at radius 2 is 1.14 bits per heavy atom. The molecule has 2 heterocycles. The molecule has 2 heteroatoms. The van der Waals surface area contributed by atoms with E-state index in [0.29, 0.717) is 0 Å². The fourth-order valence-electron chi connectivity index (χ4n) is 5.42. The molecular weight excluding hydrogens is 428 g/mol. The fourth-order valence-corrected chi connectivity index (χ4v) is 5.42. The Balaban J connectivity index is 1.30. The van der Waals surface area contributed by atoms with E-state index in [2.05, 4.69) is 105 Å². The van der Waals surface area contributed by atoms with Crippen molar-refractivity contribution in [1.82, 2.24) is 0 Å². The van der Waals surface area contributed by atoms with E-state index in [1.165, 1.54) is 27.8 Å². The van der Waals surface area contributed by atoms with Crippen molar-refractivity contribution in [3.05, 3.63) is 120 Å². The predicted octanol–water partition coefficient (Wildman–Crippen LogP) is 9.35. The third-order valence-corrected chi connectivity index (χ3v) is 7.34. The maximum atomic E-state index is 6.36. The number of hydrogen-bond donors (Lipinski definition) is 0. The van der Waals surface area contributed by atoms with E-state index in [4.69, 9.17) is 9.15 Å². The molecule has 168 valence electrons. The highest BCUT2D eigenvalue weighted by Gasteiger charge is 2.33. The number of furan rings is 1. The van der Waals surface area contributed by atoms with Crippen LogP contribution in [0.4, 0.5) is 0 Å². The zero-order valence-corrected chi connectivity index (χ0v) is 19.7. The van der Waals surface area contributed by atoms with E-state index in [1.54, 1.807) is 0 Å². The van der Waals surface area contributed by atoms with E-state index in [9.17, 15) is 0 Å². The van der Waals surface area contributed by atoms with Crippen molar-refractivity contribution in [2.24, 2.45) is 0 Å². The summed E-state index contributed by atoms with van der Waals surface area (Å²) in [5.74, 6) is 1.87. The lowest BCUT2D eigenvalue weighted by atomic mass is 9.75. The summed E-state index contributed by atoms with van der Waals surface area (Å²) in [5, 5.41) is 2.29. The van der Waals surface area contributed by atoms with Gasteiger partial charge in [-0.3, -0.25) is 0 Å². The Morgan fingerprint density at radius 3 is 2.03 bits per heavy atom. The highest BCUT2D eigenvalue weighted by Crippen LogP contribution is 2.48. The highest BCUT2D eigenvalue weighted by molar-refractivity contribution is 6.06. The van der Waals surface area contributed by atoms with Crippen molar-refractivity contribution in [1.29, 1.82) is 0 Å².